The highest BCUT2D eigenvalue weighted by atomic mass is 16.5. The topological polar surface area (TPSA) is 60.8 Å². The van der Waals surface area contributed by atoms with Crippen molar-refractivity contribution in [3.8, 4) is 5.75 Å². The highest BCUT2D eigenvalue weighted by molar-refractivity contribution is 5.96. The van der Waals surface area contributed by atoms with Crippen LogP contribution >= 0.6 is 0 Å². The summed E-state index contributed by atoms with van der Waals surface area (Å²) in [5.41, 5.74) is 1.92. The van der Waals surface area contributed by atoms with Crippen LogP contribution in [0.15, 0.2) is 24.4 Å². The minimum absolute atomic E-state index is 0.0815. The number of nitrogens with zero attached hydrogens (tertiary/aromatic N) is 2. The minimum Gasteiger partial charge on any atom is -0.497 e. The van der Waals surface area contributed by atoms with E-state index < -0.39 is 0 Å². The van der Waals surface area contributed by atoms with Crippen LogP contribution in [0.25, 0.3) is 10.9 Å². The third-order valence-corrected chi connectivity index (χ3v) is 3.96. The van der Waals surface area contributed by atoms with Crippen molar-refractivity contribution >= 4 is 22.8 Å². The number of hydrogen-bond acceptors (Lipinski definition) is 5. The maximum Gasteiger partial charge on any atom is 0.306 e. The molecule has 2 aromatic rings. The largest absolute Gasteiger partial charge is 0.497 e. The van der Waals surface area contributed by atoms with Crippen LogP contribution < -0.4 is 4.74 Å². The molecule has 0 amide bonds. The zero-order chi connectivity index (χ0) is 17.7. The summed E-state index contributed by atoms with van der Waals surface area (Å²) in [5, 5.41) is 1.00. The second-order valence-electron chi connectivity index (χ2n) is 5.93. The van der Waals surface area contributed by atoms with Gasteiger partial charge in [-0.25, -0.2) is 0 Å². The third kappa shape index (κ3) is 4.14. The first kappa shape index (κ1) is 18.0. The van der Waals surface area contributed by atoms with Gasteiger partial charge in [-0.05, 0) is 44.3 Å². The van der Waals surface area contributed by atoms with Crippen molar-refractivity contribution in [1.29, 1.82) is 0 Å². The van der Waals surface area contributed by atoms with Crippen LogP contribution in [0.3, 0.4) is 0 Å². The van der Waals surface area contributed by atoms with Gasteiger partial charge < -0.3 is 14.4 Å². The van der Waals surface area contributed by atoms with Crippen LogP contribution in [0.5, 0.6) is 5.75 Å². The van der Waals surface area contributed by atoms with Gasteiger partial charge >= 0.3 is 5.97 Å². The Morgan fingerprint density at radius 2 is 1.92 bits per heavy atom. The fourth-order valence-electron chi connectivity index (χ4n) is 2.59. The molecule has 0 bridgehead atoms. The van der Waals surface area contributed by atoms with Crippen LogP contribution in [-0.4, -0.2) is 56.2 Å². The number of fused-ring (bicyclic) bond motifs is 1. The van der Waals surface area contributed by atoms with Gasteiger partial charge in [-0.3, -0.25) is 14.2 Å². The Labute approximate surface area is 141 Å². The molecule has 0 atom stereocenters. The summed E-state index contributed by atoms with van der Waals surface area (Å²) in [4.78, 5) is 25.9. The molecule has 0 saturated heterocycles. The molecule has 0 spiro atoms. The molecule has 0 fully saturated rings. The molecule has 0 N–H and O–H groups in total. The van der Waals surface area contributed by atoms with Crippen molar-refractivity contribution in [3.63, 3.8) is 0 Å². The standard InChI is InChI=1S/C18H24N2O4/c1-19(2)10-9-13-12-20(17(21)7-8-18(22)24-4)16-6-5-14(23-3)11-15(13)16/h5-6,11-12H,7-10H2,1-4H3. The van der Waals surface area contributed by atoms with Crippen molar-refractivity contribution in [2.24, 2.45) is 0 Å². The molecule has 1 heterocycles. The smallest absolute Gasteiger partial charge is 0.306 e. The monoisotopic (exact) mass is 332 g/mol. The first-order valence-electron chi connectivity index (χ1n) is 7.89. The van der Waals surface area contributed by atoms with Gasteiger partial charge in [-0.15, -0.1) is 0 Å². The normalized spacial score (nSPS) is 11.0. The Balaban J connectivity index is 2.35. The fourth-order valence-corrected chi connectivity index (χ4v) is 2.59. The Morgan fingerprint density at radius 3 is 2.54 bits per heavy atom. The lowest BCUT2D eigenvalue weighted by Gasteiger charge is -2.08. The predicted octanol–water partition coefficient (Wildman–Crippen LogP) is 2.35. The molecule has 0 radical (unpaired) electrons. The number of likely N-dealkylation sites (N-methyl/N-ethyl adjacent to an activating group) is 1. The molecule has 0 aliphatic carbocycles. The summed E-state index contributed by atoms with van der Waals surface area (Å²) < 4.78 is 11.5. The van der Waals surface area contributed by atoms with Gasteiger partial charge in [-0.1, -0.05) is 0 Å². The molecule has 2 rings (SSSR count). The van der Waals surface area contributed by atoms with Gasteiger partial charge in [0.25, 0.3) is 0 Å². The van der Waals surface area contributed by atoms with E-state index >= 15 is 0 Å². The fraction of sp³-hybridized carbons (Fsp3) is 0.444. The van der Waals surface area contributed by atoms with Crippen LogP contribution in [0.2, 0.25) is 0 Å². The number of methoxy groups -OCH3 is 2. The SMILES string of the molecule is COC(=O)CCC(=O)n1cc(CCN(C)C)c2cc(OC)ccc21. The Morgan fingerprint density at radius 1 is 1.17 bits per heavy atom. The van der Waals surface area contributed by atoms with Crippen molar-refractivity contribution in [1.82, 2.24) is 9.47 Å². The maximum atomic E-state index is 12.5. The molecule has 6 heteroatoms. The van der Waals surface area contributed by atoms with Crippen LogP contribution in [0, 0.1) is 0 Å². The number of ether oxygens (including phenoxy) is 2. The summed E-state index contributed by atoms with van der Waals surface area (Å²) in [7, 11) is 6.98. The van der Waals surface area contributed by atoms with E-state index in [2.05, 4.69) is 9.64 Å². The highest BCUT2D eigenvalue weighted by Gasteiger charge is 2.16. The second kappa shape index (κ2) is 7.97. The number of hydrogen-bond donors (Lipinski definition) is 0. The van der Waals surface area contributed by atoms with Gasteiger partial charge in [0.05, 0.1) is 26.2 Å². The molecule has 0 aliphatic heterocycles. The zero-order valence-corrected chi connectivity index (χ0v) is 14.7. The first-order valence-corrected chi connectivity index (χ1v) is 7.89. The average molecular weight is 332 g/mol. The van der Waals surface area contributed by atoms with E-state index in [0.717, 1.165) is 35.2 Å². The van der Waals surface area contributed by atoms with Gasteiger partial charge in [0.2, 0.25) is 5.91 Å². The van der Waals surface area contributed by atoms with Crippen molar-refractivity contribution < 1.29 is 19.1 Å². The number of aromatic nitrogens is 1. The van der Waals surface area contributed by atoms with Gasteiger partial charge in [0.1, 0.15) is 5.75 Å². The lowest BCUT2D eigenvalue weighted by molar-refractivity contribution is -0.140. The molecule has 0 aliphatic rings. The quantitative estimate of drug-likeness (QED) is 0.729. The average Bonchev–Trinajstić information content (AvgIpc) is 2.95. The molecule has 130 valence electrons. The van der Waals surface area contributed by atoms with E-state index in [1.165, 1.54) is 7.11 Å². The van der Waals surface area contributed by atoms with E-state index in [-0.39, 0.29) is 24.7 Å². The molecule has 24 heavy (non-hydrogen) atoms. The summed E-state index contributed by atoms with van der Waals surface area (Å²) in [5.74, 6) is 0.259. The number of carbonyl (C=O) groups is 2. The first-order chi connectivity index (χ1) is 11.5. The van der Waals surface area contributed by atoms with Crippen molar-refractivity contribution in [2.45, 2.75) is 19.3 Å². The number of esters is 1. The highest BCUT2D eigenvalue weighted by Crippen LogP contribution is 2.27. The summed E-state index contributed by atoms with van der Waals surface area (Å²) >= 11 is 0. The molecule has 0 saturated carbocycles. The number of rotatable bonds is 7. The van der Waals surface area contributed by atoms with Gasteiger partial charge in [-0.2, -0.15) is 0 Å². The van der Waals surface area contributed by atoms with Crippen LogP contribution in [0.1, 0.15) is 23.2 Å². The summed E-state index contributed by atoms with van der Waals surface area (Å²) in [6, 6.07) is 5.66. The lowest BCUT2D eigenvalue weighted by Crippen LogP contribution is -2.15. The van der Waals surface area contributed by atoms with E-state index in [0.29, 0.717) is 0 Å². The molecule has 0 unspecified atom stereocenters. The molecule has 1 aromatic heterocycles. The van der Waals surface area contributed by atoms with Crippen molar-refractivity contribution in [2.75, 3.05) is 34.9 Å². The zero-order valence-electron chi connectivity index (χ0n) is 14.7. The molecular formula is C18H24N2O4. The maximum absolute atomic E-state index is 12.5. The Kier molecular flexibility index (Phi) is 5.98. The number of benzene rings is 1. The van der Waals surface area contributed by atoms with Crippen LogP contribution in [-0.2, 0) is 16.0 Å². The van der Waals surface area contributed by atoms with Gasteiger partial charge in [0.15, 0.2) is 0 Å². The molecule has 1 aromatic carbocycles. The predicted molar refractivity (Wildman–Crippen MR) is 92.6 cm³/mol. The summed E-state index contributed by atoms with van der Waals surface area (Å²) in [6.45, 7) is 0.882. The Bertz CT molecular complexity index is 734. The second-order valence-corrected chi connectivity index (χ2v) is 5.93. The lowest BCUT2D eigenvalue weighted by atomic mass is 10.1. The van der Waals surface area contributed by atoms with Crippen molar-refractivity contribution in [3.05, 3.63) is 30.0 Å². The molecular weight excluding hydrogens is 308 g/mol. The van der Waals surface area contributed by atoms with E-state index in [4.69, 9.17) is 4.74 Å². The van der Waals surface area contributed by atoms with Crippen LogP contribution in [0.4, 0.5) is 0 Å². The third-order valence-electron chi connectivity index (χ3n) is 3.96. The van der Waals surface area contributed by atoms with E-state index in [9.17, 15) is 9.59 Å². The summed E-state index contributed by atoms with van der Waals surface area (Å²) in [6.07, 6.45) is 2.90. The molecule has 6 nitrogen and oxygen atoms in total. The van der Waals surface area contributed by atoms with E-state index in [1.807, 2.05) is 38.5 Å². The number of carbonyl (C=O) groups excluding carboxylic acids is 2. The Hall–Kier alpha value is -2.34. The van der Waals surface area contributed by atoms with E-state index in [1.54, 1.807) is 11.7 Å². The minimum atomic E-state index is -0.380. The van der Waals surface area contributed by atoms with Gasteiger partial charge in [0, 0.05) is 24.5 Å².